The summed E-state index contributed by atoms with van der Waals surface area (Å²) in [5.74, 6) is 0.660. The molecule has 2 nitrogen and oxygen atoms in total. The van der Waals surface area contributed by atoms with Crippen molar-refractivity contribution in [2.75, 3.05) is 0 Å². The minimum atomic E-state index is -1.24. The predicted molar refractivity (Wildman–Crippen MR) is 109 cm³/mol. The number of hydrogen-bond donors (Lipinski definition) is 1. The monoisotopic (exact) mass is 374 g/mol. The molecule has 0 spiro atoms. The molecule has 5 rings (SSSR count). The second-order valence-electron chi connectivity index (χ2n) is 7.45. The van der Waals surface area contributed by atoms with Crippen LogP contribution in [0.1, 0.15) is 30.0 Å². The summed E-state index contributed by atoms with van der Waals surface area (Å²) in [6.07, 6.45) is 0.615. The van der Waals surface area contributed by atoms with Gasteiger partial charge in [0, 0.05) is 22.6 Å². The summed E-state index contributed by atoms with van der Waals surface area (Å²) in [7, 11) is 0. The molecule has 0 aromatic heterocycles. The van der Waals surface area contributed by atoms with Crippen molar-refractivity contribution in [2.45, 2.75) is 24.5 Å². The molecule has 0 saturated heterocycles. The van der Waals surface area contributed by atoms with E-state index in [1.54, 1.807) is 6.07 Å². The third-order valence-electron chi connectivity index (χ3n) is 5.80. The summed E-state index contributed by atoms with van der Waals surface area (Å²) in [6, 6.07) is 25.8. The van der Waals surface area contributed by atoms with Gasteiger partial charge in [0.1, 0.15) is 11.4 Å². The maximum Gasteiger partial charge on any atom is 0.159 e. The van der Waals surface area contributed by atoms with Crippen LogP contribution in [0.25, 0.3) is 11.1 Å². The second-order valence-corrected chi connectivity index (χ2v) is 7.88. The van der Waals surface area contributed by atoms with E-state index in [1.165, 1.54) is 0 Å². The highest BCUT2D eigenvalue weighted by Crippen LogP contribution is 2.63. The topological polar surface area (TPSA) is 29.5 Å². The molecule has 0 radical (unpaired) electrons. The molecule has 27 heavy (non-hydrogen) atoms. The number of hydrogen-bond acceptors (Lipinski definition) is 2. The molecule has 1 aliphatic carbocycles. The van der Waals surface area contributed by atoms with Crippen LogP contribution in [0.3, 0.4) is 0 Å². The van der Waals surface area contributed by atoms with Crippen molar-refractivity contribution in [3.8, 4) is 5.75 Å². The first-order valence-electron chi connectivity index (χ1n) is 9.09. The van der Waals surface area contributed by atoms with E-state index in [2.05, 4.69) is 24.3 Å². The van der Waals surface area contributed by atoms with Gasteiger partial charge in [-0.1, -0.05) is 78.3 Å². The maximum atomic E-state index is 12.2. The van der Waals surface area contributed by atoms with E-state index < -0.39 is 11.2 Å². The summed E-state index contributed by atoms with van der Waals surface area (Å²) < 4.78 is 6.33. The summed E-state index contributed by atoms with van der Waals surface area (Å²) in [4.78, 5) is 0. The molecule has 3 aromatic rings. The second kappa shape index (κ2) is 5.72. The lowest BCUT2D eigenvalue weighted by Gasteiger charge is -2.34. The standard InChI is InChI=1S/C24H19ClO2/c1-23-15-19(16-8-4-2-5-9-16)22(17-10-6-3-7-11-17)24(23,26)20-13-12-18(25)14-21(20)27-23/h2-14,26H,15H2,1H3/t23-,24-/m0/s1. The molecule has 0 amide bonds. The quantitative estimate of drug-likeness (QED) is 0.624. The highest BCUT2D eigenvalue weighted by atomic mass is 35.5. The van der Waals surface area contributed by atoms with Gasteiger partial charge in [0.25, 0.3) is 0 Å². The van der Waals surface area contributed by atoms with Crippen molar-refractivity contribution in [1.82, 2.24) is 0 Å². The van der Waals surface area contributed by atoms with Gasteiger partial charge in [-0.05, 0) is 35.8 Å². The number of ether oxygens (including phenoxy) is 1. The molecule has 0 bridgehead atoms. The zero-order valence-corrected chi connectivity index (χ0v) is 15.7. The molecule has 1 heterocycles. The molecule has 134 valence electrons. The predicted octanol–water partition coefficient (Wildman–Crippen LogP) is 5.69. The Kier molecular flexibility index (Phi) is 3.52. The van der Waals surface area contributed by atoms with Gasteiger partial charge in [0.15, 0.2) is 5.60 Å². The Balaban J connectivity index is 1.83. The lowest BCUT2D eigenvalue weighted by molar-refractivity contribution is -0.0516. The molecule has 3 aromatic carbocycles. The third-order valence-corrected chi connectivity index (χ3v) is 6.03. The number of benzene rings is 3. The van der Waals surface area contributed by atoms with Crippen LogP contribution < -0.4 is 4.74 Å². The highest BCUT2D eigenvalue weighted by molar-refractivity contribution is 6.30. The van der Waals surface area contributed by atoms with Crippen LogP contribution in [-0.4, -0.2) is 10.7 Å². The Hall–Kier alpha value is -2.55. The molecular weight excluding hydrogens is 356 g/mol. The van der Waals surface area contributed by atoms with Crippen LogP contribution in [0.15, 0.2) is 78.9 Å². The van der Waals surface area contributed by atoms with E-state index in [0.717, 1.165) is 27.8 Å². The van der Waals surface area contributed by atoms with Gasteiger partial charge in [-0.2, -0.15) is 0 Å². The molecule has 0 saturated carbocycles. The average molecular weight is 375 g/mol. The number of halogens is 1. The average Bonchev–Trinajstić information content (AvgIpc) is 3.03. The summed E-state index contributed by atoms with van der Waals surface area (Å²) in [6.45, 7) is 1.99. The van der Waals surface area contributed by atoms with Gasteiger partial charge in [-0.3, -0.25) is 0 Å². The van der Waals surface area contributed by atoms with Crippen molar-refractivity contribution in [3.05, 3.63) is 101 Å². The van der Waals surface area contributed by atoms with Crippen LogP contribution in [-0.2, 0) is 5.60 Å². The first-order valence-corrected chi connectivity index (χ1v) is 9.47. The number of aliphatic hydroxyl groups is 1. The van der Waals surface area contributed by atoms with Crippen molar-refractivity contribution >= 4 is 22.7 Å². The van der Waals surface area contributed by atoms with Gasteiger partial charge < -0.3 is 9.84 Å². The minimum Gasteiger partial charge on any atom is -0.483 e. The minimum absolute atomic E-state index is 0.606. The SMILES string of the molecule is C[C@]12CC(c3ccccc3)=C(c3ccccc3)[C@@]1(O)c1ccc(Cl)cc1O2. The van der Waals surface area contributed by atoms with E-state index in [0.29, 0.717) is 17.2 Å². The van der Waals surface area contributed by atoms with Gasteiger partial charge >= 0.3 is 0 Å². The molecule has 0 fully saturated rings. The maximum absolute atomic E-state index is 12.2. The normalized spacial score (nSPS) is 25.9. The summed E-state index contributed by atoms with van der Waals surface area (Å²) >= 11 is 6.18. The smallest absolute Gasteiger partial charge is 0.159 e. The van der Waals surface area contributed by atoms with E-state index >= 15 is 0 Å². The van der Waals surface area contributed by atoms with E-state index in [-0.39, 0.29) is 0 Å². The fourth-order valence-electron chi connectivity index (χ4n) is 4.56. The Labute approximate surface area is 163 Å². The fourth-order valence-corrected chi connectivity index (χ4v) is 4.72. The number of fused-ring (bicyclic) bond motifs is 3. The van der Waals surface area contributed by atoms with E-state index in [4.69, 9.17) is 16.3 Å². The molecule has 2 atom stereocenters. The van der Waals surface area contributed by atoms with E-state index in [9.17, 15) is 5.11 Å². The van der Waals surface area contributed by atoms with Crippen LogP contribution >= 0.6 is 11.6 Å². The third kappa shape index (κ3) is 2.24. The number of rotatable bonds is 2. The van der Waals surface area contributed by atoms with Gasteiger partial charge in [0.05, 0.1) is 0 Å². The molecule has 3 heteroatoms. The van der Waals surface area contributed by atoms with Gasteiger partial charge in [-0.25, -0.2) is 0 Å². The van der Waals surface area contributed by atoms with Crippen LogP contribution in [0.5, 0.6) is 5.75 Å². The Bertz CT molecular complexity index is 1060. The molecular formula is C24H19ClO2. The van der Waals surface area contributed by atoms with Crippen molar-refractivity contribution in [3.63, 3.8) is 0 Å². The molecule has 1 aliphatic heterocycles. The van der Waals surface area contributed by atoms with Gasteiger partial charge in [-0.15, -0.1) is 0 Å². The Morgan fingerprint density at radius 2 is 1.52 bits per heavy atom. The van der Waals surface area contributed by atoms with E-state index in [1.807, 2.05) is 55.5 Å². The fraction of sp³-hybridized carbons (Fsp3) is 0.167. The summed E-state index contributed by atoms with van der Waals surface area (Å²) in [5, 5.41) is 12.8. The Morgan fingerprint density at radius 1 is 0.889 bits per heavy atom. The highest BCUT2D eigenvalue weighted by Gasteiger charge is 2.63. The zero-order chi connectivity index (χ0) is 18.6. The molecule has 0 unspecified atom stereocenters. The van der Waals surface area contributed by atoms with Gasteiger partial charge in [0.2, 0.25) is 0 Å². The first-order chi connectivity index (χ1) is 13.0. The van der Waals surface area contributed by atoms with Crippen LogP contribution in [0.4, 0.5) is 0 Å². The van der Waals surface area contributed by atoms with Crippen molar-refractivity contribution < 1.29 is 9.84 Å². The zero-order valence-electron chi connectivity index (χ0n) is 14.9. The van der Waals surface area contributed by atoms with Crippen molar-refractivity contribution in [2.24, 2.45) is 0 Å². The largest absolute Gasteiger partial charge is 0.483 e. The lowest BCUT2D eigenvalue weighted by Crippen LogP contribution is -2.46. The first kappa shape index (κ1) is 16.6. The molecule has 1 N–H and O–H groups in total. The van der Waals surface area contributed by atoms with Crippen LogP contribution in [0, 0.1) is 0 Å². The summed E-state index contributed by atoms with van der Waals surface area (Å²) in [5.41, 5.74) is 2.91. The Morgan fingerprint density at radius 3 is 2.19 bits per heavy atom. The van der Waals surface area contributed by atoms with Crippen LogP contribution in [0.2, 0.25) is 5.02 Å². The molecule has 2 aliphatic rings. The van der Waals surface area contributed by atoms with Crippen molar-refractivity contribution in [1.29, 1.82) is 0 Å². The lowest BCUT2D eigenvalue weighted by atomic mass is 9.77.